The molecule has 2 N–H and O–H groups in total. The Kier molecular flexibility index (Phi) is 7.85. The van der Waals surface area contributed by atoms with Crippen molar-refractivity contribution in [3.63, 3.8) is 0 Å². The molecule has 2 unspecified atom stereocenters. The molecule has 11 heteroatoms. The SMILES string of the molecule is CC(=O)N1CC2CC(c3ccc(OCCOc4c(Cl)cc(C)cc4Cl)cc3)=C(C(=O)O)C(C1)N2C(=O)O. The molecule has 0 aromatic heterocycles. The van der Waals surface area contributed by atoms with E-state index < -0.39 is 24.1 Å². The fraction of sp³-hybridized carbons (Fsp3) is 0.346. The molecule has 0 spiro atoms. The van der Waals surface area contributed by atoms with Crippen molar-refractivity contribution in [1.82, 2.24) is 9.80 Å². The maximum Gasteiger partial charge on any atom is 0.408 e. The highest BCUT2D eigenvalue weighted by atomic mass is 35.5. The zero-order valence-corrected chi connectivity index (χ0v) is 21.8. The molecule has 4 rings (SSSR count). The van der Waals surface area contributed by atoms with Gasteiger partial charge < -0.3 is 24.6 Å². The number of nitrogens with zero attached hydrogens (tertiary/aromatic N) is 2. The van der Waals surface area contributed by atoms with Gasteiger partial charge in [0, 0.05) is 20.0 Å². The zero-order valence-electron chi connectivity index (χ0n) is 20.2. The van der Waals surface area contributed by atoms with Crippen molar-refractivity contribution in [1.29, 1.82) is 0 Å². The molecule has 1 saturated heterocycles. The summed E-state index contributed by atoms with van der Waals surface area (Å²) in [5, 5.41) is 20.6. The van der Waals surface area contributed by atoms with Gasteiger partial charge in [-0.3, -0.25) is 9.69 Å². The number of aryl methyl sites for hydroxylation is 1. The summed E-state index contributed by atoms with van der Waals surface area (Å²) < 4.78 is 11.4. The highest BCUT2D eigenvalue weighted by Gasteiger charge is 2.47. The minimum absolute atomic E-state index is 0.000519. The van der Waals surface area contributed by atoms with E-state index in [1.807, 2.05) is 6.92 Å². The molecule has 2 bridgehead atoms. The van der Waals surface area contributed by atoms with Crippen LogP contribution in [0.1, 0.15) is 24.5 Å². The van der Waals surface area contributed by atoms with Crippen LogP contribution in [0.5, 0.6) is 11.5 Å². The normalized spacial score (nSPS) is 19.0. The molecule has 2 heterocycles. The second-order valence-electron chi connectivity index (χ2n) is 8.96. The standard InChI is InChI=1S/C26H26Cl2N2O7/c1-14-9-20(27)24(21(28)10-14)37-8-7-36-18-5-3-16(4-6-18)19-11-17-12-29(15(2)31)13-22(23(19)25(32)33)30(17)26(34)35/h3-6,9-10,17,22H,7-8,11-13H2,1-2H3,(H,32,33)(H,34,35). The van der Waals surface area contributed by atoms with E-state index in [0.29, 0.717) is 32.7 Å². The van der Waals surface area contributed by atoms with Gasteiger partial charge in [-0.15, -0.1) is 0 Å². The maximum absolute atomic E-state index is 12.3. The monoisotopic (exact) mass is 548 g/mol. The van der Waals surface area contributed by atoms with Crippen LogP contribution in [0.2, 0.25) is 10.0 Å². The number of carboxylic acid groups (broad SMARTS) is 2. The summed E-state index contributed by atoms with van der Waals surface area (Å²) in [7, 11) is 0. The van der Waals surface area contributed by atoms with Gasteiger partial charge in [0.1, 0.15) is 19.0 Å². The van der Waals surface area contributed by atoms with E-state index in [9.17, 15) is 24.6 Å². The number of fused-ring (bicyclic) bond motifs is 2. The van der Waals surface area contributed by atoms with Gasteiger partial charge in [-0.1, -0.05) is 35.3 Å². The number of halogens is 2. The van der Waals surface area contributed by atoms with E-state index in [4.69, 9.17) is 32.7 Å². The summed E-state index contributed by atoms with van der Waals surface area (Å²) in [6.45, 7) is 3.92. The van der Waals surface area contributed by atoms with Crippen molar-refractivity contribution in [2.45, 2.75) is 32.4 Å². The number of rotatable bonds is 7. The molecule has 2 atom stereocenters. The average Bonchev–Trinajstić information content (AvgIpc) is 2.81. The van der Waals surface area contributed by atoms with Crippen molar-refractivity contribution in [3.05, 3.63) is 63.1 Å². The number of hydrogen-bond acceptors (Lipinski definition) is 5. The van der Waals surface area contributed by atoms with Crippen molar-refractivity contribution in [2.24, 2.45) is 0 Å². The second-order valence-corrected chi connectivity index (χ2v) is 9.78. The van der Waals surface area contributed by atoms with Gasteiger partial charge in [-0.2, -0.15) is 0 Å². The van der Waals surface area contributed by atoms with E-state index in [1.165, 1.54) is 11.8 Å². The number of carbonyl (C=O) groups excluding carboxylic acids is 1. The summed E-state index contributed by atoms with van der Waals surface area (Å²) in [6.07, 6.45) is -1.02. The number of ether oxygens (including phenoxy) is 2. The van der Waals surface area contributed by atoms with Crippen LogP contribution in [0, 0.1) is 6.92 Å². The lowest BCUT2D eigenvalue weighted by molar-refractivity contribution is -0.137. The quantitative estimate of drug-likeness (QED) is 0.486. The molecule has 0 radical (unpaired) electrons. The molecule has 2 aliphatic rings. The first-order chi connectivity index (χ1) is 17.6. The first-order valence-electron chi connectivity index (χ1n) is 11.6. The summed E-state index contributed by atoms with van der Waals surface area (Å²) in [6, 6.07) is 8.96. The second kappa shape index (κ2) is 10.9. The van der Waals surface area contributed by atoms with Crippen molar-refractivity contribution in [3.8, 4) is 11.5 Å². The summed E-state index contributed by atoms with van der Waals surface area (Å²) in [4.78, 5) is 38.8. The number of hydrogen-bond donors (Lipinski definition) is 2. The topological polar surface area (TPSA) is 117 Å². The Hall–Kier alpha value is -3.43. The Morgan fingerprint density at radius 1 is 1.00 bits per heavy atom. The van der Waals surface area contributed by atoms with E-state index >= 15 is 0 Å². The van der Waals surface area contributed by atoms with Gasteiger partial charge in [0.15, 0.2) is 5.75 Å². The Bertz CT molecular complexity index is 1240. The summed E-state index contributed by atoms with van der Waals surface area (Å²) >= 11 is 12.4. The largest absolute Gasteiger partial charge is 0.490 e. The maximum atomic E-state index is 12.3. The predicted molar refractivity (Wildman–Crippen MR) is 137 cm³/mol. The summed E-state index contributed by atoms with van der Waals surface area (Å²) in [5.74, 6) is -0.480. The van der Waals surface area contributed by atoms with Crippen molar-refractivity contribution in [2.75, 3.05) is 26.3 Å². The van der Waals surface area contributed by atoms with Gasteiger partial charge in [-0.05, 0) is 54.3 Å². The van der Waals surface area contributed by atoms with Crippen LogP contribution in [-0.2, 0) is 9.59 Å². The third kappa shape index (κ3) is 5.62. The fourth-order valence-corrected chi connectivity index (χ4v) is 5.59. The van der Waals surface area contributed by atoms with E-state index in [1.54, 1.807) is 36.4 Å². The Labute approximate surface area is 223 Å². The van der Waals surface area contributed by atoms with Crippen molar-refractivity contribution < 1.29 is 34.1 Å². The van der Waals surface area contributed by atoms with Crippen LogP contribution < -0.4 is 9.47 Å². The van der Waals surface area contributed by atoms with Crippen LogP contribution in [0.25, 0.3) is 5.57 Å². The van der Waals surface area contributed by atoms with Crippen LogP contribution >= 0.6 is 23.2 Å². The molecule has 196 valence electrons. The first-order valence-corrected chi connectivity index (χ1v) is 12.4. The Balaban J connectivity index is 1.48. The lowest BCUT2D eigenvalue weighted by Gasteiger charge is -2.49. The van der Waals surface area contributed by atoms with Gasteiger partial charge in [0.05, 0.1) is 27.7 Å². The lowest BCUT2D eigenvalue weighted by Crippen LogP contribution is -2.64. The van der Waals surface area contributed by atoms with Crippen LogP contribution in [0.4, 0.5) is 4.79 Å². The van der Waals surface area contributed by atoms with Gasteiger partial charge in [-0.25, -0.2) is 9.59 Å². The number of carbonyl (C=O) groups is 3. The molecule has 0 aliphatic carbocycles. The minimum Gasteiger partial charge on any atom is -0.490 e. The molecule has 2 aromatic rings. The third-order valence-electron chi connectivity index (χ3n) is 6.49. The fourth-order valence-electron chi connectivity index (χ4n) is 4.88. The smallest absolute Gasteiger partial charge is 0.408 e. The Morgan fingerprint density at radius 3 is 2.19 bits per heavy atom. The first kappa shape index (κ1) is 26.6. The van der Waals surface area contributed by atoms with E-state index in [2.05, 4.69) is 0 Å². The Morgan fingerprint density at radius 2 is 1.62 bits per heavy atom. The molecule has 1 fully saturated rings. The molecule has 37 heavy (non-hydrogen) atoms. The number of piperazine rings is 1. The zero-order chi connectivity index (χ0) is 26.9. The van der Waals surface area contributed by atoms with Crippen molar-refractivity contribution >= 4 is 46.7 Å². The van der Waals surface area contributed by atoms with Gasteiger partial charge in [0.25, 0.3) is 0 Å². The summed E-state index contributed by atoms with van der Waals surface area (Å²) in [5.41, 5.74) is 2.13. The van der Waals surface area contributed by atoms with Crippen LogP contribution in [-0.4, -0.2) is 76.4 Å². The van der Waals surface area contributed by atoms with E-state index in [0.717, 1.165) is 10.5 Å². The third-order valence-corrected chi connectivity index (χ3v) is 7.05. The number of benzene rings is 2. The molecule has 2 aromatic carbocycles. The predicted octanol–water partition coefficient (Wildman–Crippen LogP) is 4.58. The van der Waals surface area contributed by atoms with Gasteiger partial charge in [0.2, 0.25) is 5.91 Å². The molecule has 0 saturated carbocycles. The highest BCUT2D eigenvalue weighted by Crippen LogP contribution is 2.39. The highest BCUT2D eigenvalue weighted by molar-refractivity contribution is 6.37. The molecular weight excluding hydrogens is 523 g/mol. The number of amides is 2. The van der Waals surface area contributed by atoms with E-state index in [-0.39, 0.29) is 44.2 Å². The molecule has 2 aliphatic heterocycles. The van der Waals surface area contributed by atoms with Crippen LogP contribution in [0.15, 0.2) is 42.0 Å². The molecule has 2 amide bonds. The molecule has 9 nitrogen and oxygen atoms in total. The lowest BCUT2D eigenvalue weighted by atomic mass is 9.82. The van der Waals surface area contributed by atoms with Gasteiger partial charge >= 0.3 is 12.1 Å². The number of carboxylic acids is 1. The number of aliphatic carboxylic acids is 1. The van der Waals surface area contributed by atoms with Crippen LogP contribution in [0.3, 0.4) is 0 Å². The minimum atomic E-state index is -1.21. The molecular formula is C26H26Cl2N2O7. The average molecular weight is 549 g/mol.